The lowest BCUT2D eigenvalue weighted by atomic mass is 10.4. The number of halogens is 2. The van der Waals surface area contributed by atoms with E-state index in [1.807, 2.05) is 6.92 Å². The lowest BCUT2D eigenvalue weighted by molar-refractivity contribution is 0.583. The van der Waals surface area contributed by atoms with Crippen molar-refractivity contribution in [1.82, 2.24) is 15.1 Å². The van der Waals surface area contributed by atoms with Crippen LogP contribution in [0.25, 0.3) is 0 Å². The number of fused-ring (bicyclic) bond motifs is 1. The van der Waals surface area contributed by atoms with Crippen LogP contribution < -0.4 is 5.32 Å². The number of rotatable bonds is 0. The molecular weight excluding hydrogens is 209 g/mol. The Bertz CT molecular complexity index is 236. The summed E-state index contributed by atoms with van der Waals surface area (Å²) in [6.07, 6.45) is 1.19. The van der Waals surface area contributed by atoms with Crippen molar-refractivity contribution < 1.29 is 0 Å². The Balaban J connectivity index is 0.000000720. The zero-order valence-corrected chi connectivity index (χ0v) is 9.25. The van der Waals surface area contributed by atoms with Crippen molar-refractivity contribution in [3.05, 3.63) is 17.5 Å². The van der Waals surface area contributed by atoms with E-state index in [0.717, 1.165) is 25.3 Å². The second kappa shape index (κ2) is 5.47. The highest BCUT2D eigenvalue weighted by atomic mass is 35.5. The summed E-state index contributed by atoms with van der Waals surface area (Å²) in [5, 5.41) is 7.74. The van der Waals surface area contributed by atoms with E-state index >= 15 is 0 Å². The van der Waals surface area contributed by atoms with Gasteiger partial charge in [0.1, 0.15) is 0 Å². The zero-order chi connectivity index (χ0) is 7.68. The summed E-state index contributed by atoms with van der Waals surface area (Å²) in [4.78, 5) is 0. The van der Waals surface area contributed by atoms with Crippen molar-refractivity contribution >= 4 is 24.8 Å². The van der Waals surface area contributed by atoms with Crippen LogP contribution in [0.15, 0.2) is 6.07 Å². The van der Waals surface area contributed by atoms with Crippen molar-refractivity contribution in [3.63, 3.8) is 0 Å². The molecule has 0 saturated carbocycles. The van der Waals surface area contributed by atoms with Gasteiger partial charge in [-0.1, -0.05) is 0 Å². The van der Waals surface area contributed by atoms with Gasteiger partial charge in [0.05, 0.1) is 11.4 Å². The minimum atomic E-state index is 0. The standard InChI is InChI=1S/C8H13N3.2ClH/c1-7-5-8-6-9-3-2-4-11(8)10-7;;/h5,9H,2-4,6H2,1H3;2*1H. The lowest BCUT2D eigenvalue weighted by Crippen LogP contribution is -2.11. The molecule has 3 nitrogen and oxygen atoms in total. The molecule has 0 fully saturated rings. The van der Waals surface area contributed by atoms with E-state index in [-0.39, 0.29) is 24.8 Å². The van der Waals surface area contributed by atoms with Gasteiger partial charge in [0.2, 0.25) is 0 Å². The van der Waals surface area contributed by atoms with Crippen LogP contribution in [0.5, 0.6) is 0 Å². The second-order valence-corrected chi connectivity index (χ2v) is 3.03. The molecule has 0 bridgehead atoms. The molecule has 0 radical (unpaired) electrons. The van der Waals surface area contributed by atoms with Gasteiger partial charge in [-0.3, -0.25) is 4.68 Å². The summed E-state index contributed by atoms with van der Waals surface area (Å²) in [7, 11) is 0. The summed E-state index contributed by atoms with van der Waals surface area (Å²) in [5.41, 5.74) is 2.45. The van der Waals surface area contributed by atoms with Gasteiger partial charge in [-0.05, 0) is 26.0 Å². The molecule has 0 aliphatic carbocycles. The van der Waals surface area contributed by atoms with Crippen LogP contribution >= 0.6 is 24.8 Å². The molecule has 1 aliphatic heterocycles. The van der Waals surface area contributed by atoms with Crippen LogP contribution in [0.4, 0.5) is 0 Å². The third-order valence-electron chi connectivity index (χ3n) is 2.02. The average Bonchev–Trinajstić information content (AvgIpc) is 2.17. The smallest absolute Gasteiger partial charge is 0.0597 e. The molecule has 0 amide bonds. The van der Waals surface area contributed by atoms with E-state index in [9.17, 15) is 0 Å². The topological polar surface area (TPSA) is 29.9 Å². The number of nitrogens with one attached hydrogen (secondary N) is 1. The minimum Gasteiger partial charge on any atom is -0.311 e. The number of aryl methyl sites for hydroxylation is 2. The molecule has 1 N–H and O–H groups in total. The highest BCUT2D eigenvalue weighted by molar-refractivity contribution is 5.85. The van der Waals surface area contributed by atoms with Crippen molar-refractivity contribution in [1.29, 1.82) is 0 Å². The van der Waals surface area contributed by atoms with Crippen LogP contribution in [-0.4, -0.2) is 16.3 Å². The van der Waals surface area contributed by atoms with Crippen molar-refractivity contribution in [2.75, 3.05) is 6.54 Å². The van der Waals surface area contributed by atoms with Crippen LogP contribution in [0.3, 0.4) is 0 Å². The SMILES string of the molecule is Cc1cc2n(n1)CCCNC2.Cl.Cl. The van der Waals surface area contributed by atoms with Crippen LogP contribution in [0, 0.1) is 6.92 Å². The zero-order valence-electron chi connectivity index (χ0n) is 7.62. The van der Waals surface area contributed by atoms with Gasteiger partial charge < -0.3 is 5.32 Å². The Morgan fingerprint density at radius 2 is 2.23 bits per heavy atom. The maximum Gasteiger partial charge on any atom is 0.0597 e. The molecule has 0 saturated heterocycles. The number of hydrogen-bond acceptors (Lipinski definition) is 2. The van der Waals surface area contributed by atoms with E-state index in [4.69, 9.17) is 0 Å². The van der Waals surface area contributed by atoms with Gasteiger partial charge in [-0.15, -0.1) is 24.8 Å². The molecule has 0 aromatic carbocycles. The molecule has 0 unspecified atom stereocenters. The molecule has 1 aromatic rings. The highest BCUT2D eigenvalue weighted by Gasteiger charge is 2.07. The molecule has 1 aliphatic rings. The second-order valence-electron chi connectivity index (χ2n) is 3.03. The Labute approximate surface area is 90.7 Å². The quantitative estimate of drug-likeness (QED) is 0.724. The van der Waals surface area contributed by atoms with Crippen molar-refractivity contribution in [3.8, 4) is 0 Å². The maximum absolute atomic E-state index is 4.39. The molecule has 2 rings (SSSR count). The summed E-state index contributed by atoms with van der Waals surface area (Å²) >= 11 is 0. The molecular formula is C8H15Cl2N3. The predicted octanol–water partition coefficient (Wildman–Crippen LogP) is 1.53. The molecule has 2 heterocycles. The third-order valence-corrected chi connectivity index (χ3v) is 2.02. The molecule has 5 heteroatoms. The van der Waals surface area contributed by atoms with Crippen LogP contribution in [-0.2, 0) is 13.1 Å². The minimum absolute atomic E-state index is 0. The van der Waals surface area contributed by atoms with E-state index in [0.29, 0.717) is 0 Å². The van der Waals surface area contributed by atoms with E-state index in [1.54, 1.807) is 0 Å². The van der Waals surface area contributed by atoms with Crippen LogP contribution in [0.2, 0.25) is 0 Å². The summed E-state index contributed by atoms with van der Waals surface area (Å²) in [6, 6.07) is 2.15. The molecule has 1 aromatic heterocycles. The fraction of sp³-hybridized carbons (Fsp3) is 0.625. The monoisotopic (exact) mass is 223 g/mol. The first kappa shape index (κ1) is 12.8. The van der Waals surface area contributed by atoms with Gasteiger partial charge >= 0.3 is 0 Å². The van der Waals surface area contributed by atoms with Crippen molar-refractivity contribution in [2.24, 2.45) is 0 Å². The van der Waals surface area contributed by atoms with Crippen LogP contribution in [0.1, 0.15) is 17.8 Å². The summed E-state index contributed by atoms with van der Waals surface area (Å²) < 4.78 is 2.11. The lowest BCUT2D eigenvalue weighted by Gasteiger charge is -1.98. The average molecular weight is 224 g/mol. The van der Waals surface area contributed by atoms with E-state index in [1.165, 1.54) is 12.1 Å². The number of nitrogens with zero attached hydrogens (tertiary/aromatic N) is 2. The first-order chi connectivity index (χ1) is 5.36. The van der Waals surface area contributed by atoms with Gasteiger partial charge in [-0.2, -0.15) is 5.10 Å². The Morgan fingerprint density at radius 3 is 3.00 bits per heavy atom. The van der Waals surface area contributed by atoms with Gasteiger partial charge in [0, 0.05) is 13.1 Å². The first-order valence-electron chi connectivity index (χ1n) is 4.10. The predicted molar refractivity (Wildman–Crippen MR) is 57.8 cm³/mol. The third kappa shape index (κ3) is 2.86. The van der Waals surface area contributed by atoms with E-state index in [2.05, 4.69) is 21.2 Å². The molecule has 0 atom stereocenters. The first-order valence-corrected chi connectivity index (χ1v) is 4.10. The fourth-order valence-electron chi connectivity index (χ4n) is 1.51. The van der Waals surface area contributed by atoms with E-state index < -0.39 is 0 Å². The summed E-state index contributed by atoms with van der Waals surface area (Å²) in [6.45, 7) is 5.20. The molecule has 76 valence electrons. The van der Waals surface area contributed by atoms with Gasteiger partial charge in [0.15, 0.2) is 0 Å². The number of hydrogen-bond donors (Lipinski definition) is 1. The van der Waals surface area contributed by atoms with Crippen molar-refractivity contribution in [2.45, 2.75) is 26.4 Å². The molecule has 0 spiro atoms. The van der Waals surface area contributed by atoms with Gasteiger partial charge in [0.25, 0.3) is 0 Å². The maximum atomic E-state index is 4.39. The Kier molecular flexibility index (Phi) is 5.37. The Hall–Kier alpha value is -0.250. The normalized spacial score (nSPS) is 14.8. The number of aromatic nitrogens is 2. The fourth-order valence-corrected chi connectivity index (χ4v) is 1.51. The Morgan fingerprint density at radius 1 is 1.46 bits per heavy atom. The highest BCUT2D eigenvalue weighted by Crippen LogP contribution is 2.06. The molecule has 13 heavy (non-hydrogen) atoms. The largest absolute Gasteiger partial charge is 0.311 e. The van der Waals surface area contributed by atoms with Gasteiger partial charge in [-0.25, -0.2) is 0 Å². The summed E-state index contributed by atoms with van der Waals surface area (Å²) in [5.74, 6) is 0.